The fraction of sp³-hybridized carbons (Fsp3) is 0.653. The summed E-state index contributed by atoms with van der Waals surface area (Å²) in [5.41, 5.74) is 11.0. The van der Waals surface area contributed by atoms with Crippen LogP contribution in [0.4, 0.5) is 0 Å². The molecule has 0 spiro atoms. The number of nitrogens with one attached hydrogen (secondary N) is 16. The summed E-state index contributed by atoms with van der Waals surface area (Å²) in [5.74, 6) is -28.0. The van der Waals surface area contributed by atoms with Gasteiger partial charge < -0.3 is 142 Å². The first-order chi connectivity index (χ1) is 58.2. The Bertz CT molecular complexity index is 3990. The second kappa shape index (κ2) is 52.5. The number of carboxylic acid groups (broad SMARTS) is 4. The molecule has 2 saturated heterocycles. The topological polar surface area (TPSA) is 785 Å². The van der Waals surface area contributed by atoms with Crippen molar-refractivity contribution in [2.24, 2.45) is 29.2 Å². The molecule has 0 unspecified atom stereocenters. The van der Waals surface area contributed by atoms with E-state index >= 15 is 0 Å². The van der Waals surface area contributed by atoms with Gasteiger partial charge in [0.15, 0.2) is 0 Å². The van der Waals surface area contributed by atoms with Crippen LogP contribution in [0.25, 0.3) is 0 Å². The SMILES string of the molecule is CSCC[C@H](NC(=O)[C@@H](NC(=O)[C@H](CC(=O)O)NC(=O)[C@@H](NC(=O)[C@H](CS)NC(=O)[C@@H](N)CO)C(C)C)C(C)C)C(=O)N[C@@H](Cc1cnc[nH]1)C(=O)N[C@@H](C)C(=O)N[C@@H](CC(=O)O)C(=O)N[C@@H](CO)C(=O)N1CCC[C@H]1C(=O)NCC(=O)N1CCC[C@H]1C(=O)N[C@@H](CC(=O)O)C(=O)NCC(=O)N[C@@H](CC(C)C)C(=O)N[C@@H](CC(N)=O)C(=O)N[C@@H](CO)C(=O)O. The summed E-state index contributed by atoms with van der Waals surface area (Å²) >= 11 is 5.30. The maximum absolute atomic E-state index is 14.4. The van der Waals surface area contributed by atoms with Gasteiger partial charge in [0.05, 0.1) is 64.9 Å². The maximum atomic E-state index is 14.4. The molecule has 0 aliphatic carbocycles. The number of aliphatic hydroxyl groups is 3. The zero-order valence-electron chi connectivity index (χ0n) is 69.2. The summed E-state index contributed by atoms with van der Waals surface area (Å²) in [6.45, 7) is 5.30. The first-order valence-corrected chi connectivity index (χ1v) is 41.2. The van der Waals surface area contributed by atoms with Crippen LogP contribution in [0.15, 0.2) is 12.5 Å². The first kappa shape index (κ1) is 106. The van der Waals surface area contributed by atoms with Crippen LogP contribution >= 0.6 is 24.4 Å². The number of aromatic amines is 1. The van der Waals surface area contributed by atoms with E-state index in [9.17, 15) is 141 Å². The summed E-state index contributed by atoms with van der Waals surface area (Å²) in [6.07, 6.45) is -0.322. The maximum Gasteiger partial charge on any atom is 0.328 e. The number of nitrogens with zero attached hydrogens (tertiary/aromatic N) is 3. The summed E-state index contributed by atoms with van der Waals surface area (Å²) in [6, 6.07) is -26.2. The number of hydrogen-bond acceptors (Lipinski definition) is 29. The van der Waals surface area contributed by atoms with E-state index < -0.39 is 297 Å². The third-order valence-electron chi connectivity index (χ3n) is 19.0. The molecule has 692 valence electrons. The van der Waals surface area contributed by atoms with E-state index in [2.05, 4.69) is 97.0 Å². The predicted octanol–water partition coefficient (Wildman–Crippen LogP) is -11.8. The fourth-order valence-corrected chi connectivity index (χ4v) is 13.1. The van der Waals surface area contributed by atoms with E-state index in [0.717, 1.165) is 16.7 Å². The third kappa shape index (κ3) is 35.1. The standard InChI is InChI=1S/C72H113N21O29S2/c1-31(2)17-38(62(111)84-40(19-49(74)97)63(112)88-45(28-96)72(121)122)80-50(98)24-76-59(108)41(20-52(100)101)85-68(117)48-12-9-14-92(48)51(99)25-77-67(116)47-11-10-15-93(47)71(120)44(27-95)87-64(113)42(21-53(102)103)82-57(106)34(7)79-61(110)39(18-35-23-75-30-78-35)83-60(109)37(13-16-124-8)81-69(118)55(32(3)4)90-65(114)43(22-54(104)105)86-70(119)56(33(5)6)91-66(115)46(29-123)89-58(107)36(73)26-94/h23,30-34,36-48,55-56,94-96,123H,9-22,24-29,73H2,1-8H3,(H2,74,97)(H,75,78)(H,76,108)(H,77,116)(H,79,110)(H,80,98)(H,81,118)(H,82,106)(H,83,109)(H,84,111)(H,85,117)(H,86,119)(H,87,113)(H,88,112)(H,89,107)(H,90,114)(H,91,115)(H,100,101)(H,102,103)(H,104,105)(H,121,122)/t34-,36-,37-,38-,39-,40-,41-,42-,43-,44-,45-,46-,47-,48-,55-,56-/m0/s1. The van der Waals surface area contributed by atoms with Crippen molar-refractivity contribution in [2.75, 3.05) is 63.8 Å². The molecule has 0 radical (unpaired) electrons. The number of aromatic nitrogens is 2. The minimum absolute atomic E-state index is 0.0402. The number of hydrogen-bond donors (Lipinski definition) is 26. The highest BCUT2D eigenvalue weighted by Crippen LogP contribution is 2.22. The second-order valence-electron chi connectivity index (χ2n) is 30.1. The van der Waals surface area contributed by atoms with Gasteiger partial charge in [0.1, 0.15) is 96.7 Å². The van der Waals surface area contributed by atoms with Crippen LogP contribution in [0.2, 0.25) is 0 Å². The molecular weight excluding hydrogens is 1690 g/mol. The molecule has 52 heteroatoms. The average Bonchev–Trinajstić information content (AvgIpc) is 1.67. The number of imidazole rings is 1. The number of likely N-dealkylation sites (tertiary alicyclic amines) is 2. The fourth-order valence-electron chi connectivity index (χ4n) is 12.4. The van der Waals surface area contributed by atoms with Crippen molar-refractivity contribution >= 4 is 155 Å². The van der Waals surface area contributed by atoms with Gasteiger partial charge in [0, 0.05) is 37.2 Å². The molecular formula is C72H113N21O29S2. The molecule has 2 aliphatic rings. The number of amides is 18. The monoisotopic (exact) mass is 1800 g/mol. The Morgan fingerprint density at radius 1 is 0.484 bits per heavy atom. The Kier molecular flexibility index (Phi) is 45.0. The van der Waals surface area contributed by atoms with Crippen molar-refractivity contribution in [1.82, 2.24) is 99.5 Å². The quantitative estimate of drug-likeness (QED) is 0.0269. The third-order valence-corrected chi connectivity index (χ3v) is 20.0. The highest BCUT2D eigenvalue weighted by Gasteiger charge is 2.43. The zero-order chi connectivity index (χ0) is 93.7. The Balaban J connectivity index is 1.72. The van der Waals surface area contributed by atoms with Crippen molar-refractivity contribution in [2.45, 2.75) is 216 Å². The van der Waals surface area contributed by atoms with Gasteiger partial charge >= 0.3 is 23.9 Å². The molecule has 3 rings (SSSR count). The van der Waals surface area contributed by atoms with E-state index in [4.69, 9.17) is 11.5 Å². The molecule has 16 atom stereocenters. The molecule has 0 bridgehead atoms. The zero-order valence-corrected chi connectivity index (χ0v) is 70.9. The van der Waals surface area contributed by atoms with Gasteiger partial charge in [0.2, 0.25) is 106 Å². The highest BCUT2D eigenvalue weighted by molar-refractivity contribution is 7.98. The number of thioether (sulfide) groups is 1. The molecule has 0 saturated carbocycles. The number of rotatable bonds is 54. The molecule has 3 heterocycles. The second-order valence-corrected chi connectivity index (χ2v) is 31.4. The van der Waals surface area contributed by atoms with Crippen molar-refractivity contribution in [1.29, 1.82) is 0 Å². The number of aliphatic hydroxyl groups excluding tert-OH is 3. The van der Waals surface area contributed by atoms with Crippen molar-refractivity contribution in [3.05, 3.63) is 18.2 Å². The molecule has 124 heavy (non-hydrogen) atoms. The Morgan fingerprint density at radius 3 is 1.41 bits per heavy atom. The van der Waals surface area contributed by atoms with E-state index in [1.54, 1.807) is 20.1 Å². The summed E-state index contributed by atoms with van der Waals surface area (Å²) in [5, 5.41) is 102. The first-order valence-electron chi connectivity index (χ1n) is 39.1. The lowest BCUT2D eigenvalue weighted by Crippen LogP contribution is -2.62. The van der Waals surface area contributed by atoms with Gasteiger partial charge in [-0.2, -0.15) is 24.4 Å². The van der Waals surface area contributed by atoms with Crippen LogP contribution in [-0.4, -0.2) is 346 Å². The van der Waals surface area contributed by atoms with Crippen LogP contribution in [0.3, 0.4) is 0 Å². The van der Waals surface area contributed by atoms with Crippen LogP contribution < -0.4 is 91.2 Å². The van der Waals surface area contributed by atoms with Crippen LogP contribution in [0.1, 0.15) is 118 Å². The van der Waals surface area contributed by atoms with Crippen LogP contribution in [0.5, 0.6) is 0 Å². The number of thiol groups is 1. The summed E-state index contributed by atoms with van der Waals surface area (Å²) in [7, 11) is 0. The summed E-state index contributed by atoms with van der Waals surface area (Å²) in [4.78, 5) is 301. The number of carbonyl (C=O) groups excluding carboxylic acids is 18. The van der Waals surface area contributed by atoms with Gasteiger partial charge in [-0.3, -0.25) is 101 Å². The molecule has 0 aromatic carbocycles. The molecule has 18 amide bonds. The van der Waals surface area contributed by atoms with Crippen molar-refractivity contribution in [3.8, 4) is 0 Å². The van der Waals surface area contributed by atoms with Crippen molar-refractivity contribution < 1.29 is 141 Å². The molecule has 27 N–H and O–H groups in total. The largest absolute Gasteiger partial charge is 0.481 e. The smallest absolute Gasteiger partial charge is 0.328 e. The Labute approximate surface area is 719 Å². The lowest BCUT2D eigenvalue weighted by Gasteiger charge is -2.29. The summed E-state index contributed by atoms with van der Waals surface area (Å²) < 4.78 is 0. The van der Waals surface area contributed by atoms with Gasteiger partial charge in [-0.15, -0.1) is 0 Å². The number of aliphatic carboxylic acids is 4. The molecule has 50 nitrogen and oxygen atoms in total. The lowest BCUT2D eigenvalue weighted by atomic mass is 10.0. The van der Waals surface area contributed by atoms with Gasteiger partial charge in [-0.1, -0.05) is 41.5 Å². The van der Waals surface area contributed by atoms with E-state index in [1.807, 2.05) is 5.32 Å². The Hall–Kier alpha value is -11.9. The lowest BCUT2D eigenvalue weighted by molar-refractivity contribution is -0.145. The molecule has 2 aliphatic heterocycles. The number of carbonyl (C=O) groups is 22. The molecule has 2 fully saturated rings. The minimum atomic E-state index is -2.05. The molecule has 1 aromatic heterocycles. The number of nitrogens with two attached hydrogens (primary N) is 2. The van der Waals surface area contributed by atoms with Crippen molar-refractivity contribution in [3.63, 3.8) is 0 Å². The van der Waals surface area contributed by atoms with Gasteiger partial charge in [-0.25, -0.2) is 9.78 Å². The average molecular weight is 1800 g/mol. The van der Waals surface area contributed by atoms with E-state index in [-0.39, 0.29) is 81.2 Å². The Morgan fingerprint density at radius 2 is 0.927 bits per heavy atom. The van der Waals surface area contributed by atoms with Crippen LogP contribution in [0, 0.1) is 17.8 Å². The van der Waals surface area contributed by atoms with E-state index in [1.165, 1.54) is 52.0 Å². The minimum Gasteiger partial charge on any atom is -0.481 e. The number of primary amides is 1. The van der Waals surface area contributed by atoms with E-state index in [0.29, 0.717) is 0 Å². The normalized spacial score (nSPS) is 17.0. The predicted molar refractivity (Wildman–Crippen MR) is 432 cm³/mol. The van der Waals surface area contributed by atoms with Gasteiger partial charge in [0.25, 0.3) is 0 Å². The number of carboxylic acids is 4. The van der Waals surface area contributed by atoms with Gasteiger partial charge in [-0.05, 0) is 75.2 Å². The molecule has 1 aromatic rings. The van der Waals surface area contributed by atoms with Crippen LogP contribution in [-0.2, 0) is 112 Å². The highest BCUT2D eigenvalue weighted by atomic mass is 32.2. The number of H-pyrrole nitrogens is 1.